The third-order valence-electron chi connectivity index (χ3n) is 4.57. The Balaban J connectivity index is 1.63. The summed E-state index contributed by atoms with van der Waals surface area (Å²) in [6.45, 7) is 0.497. The first-order valence-corrected chi connectivity index (χ1v) is 8.96. The molecule has 0 unspecified atom stereocenters. The molecule has 0 fully saturated rings. The summed E-state index contributed by atoms with van der Waals surface area (Å²) >= 11 is 0. The summed E-state index contributed by atoms with van der Waals surface area (Å²) in [6, 6.07) is 17.3. The van der Waals surface area contributed by atoms with Crippen molar-refractivity contribution in [1.82, 2.24) is 25.2 Å². The third-order valence-corrected chi connectivity index (χ3v) is 4.57. The van der Waals surface area contributed by atoms with Gasteiger partial charge in [0.1, 0.15) is 12.1 Å². The number of amides is 1. The van der Waals surface area contributed by atoms with E-state index in [2.05, 4.69) is 20.5 Å². The largest absolute Gasteiger partial charge is 0.378 e. The van der Waals surface area contributed by atoms with Gasteiger partial charge in [-0.15, -0.1) is 5.10 Å². The van der Waals surface area contributed by atoms with Gasteiger partial charge in [0.25, 0.3) is 0 Å². The highest BCUT2D eigenvalue weighted by Gasteiger charge is 2.19. The van der Waals surface area contributed by atoms with E-state index in [4.69, 9.17) is 0 Å². The zero-order valence-corrected chi connectivity index (χ0v) is 15.8. The number of aromatic nitrogens is 5. The number of anilines is 2. The number of fused-ring (bicyclic) bond motifs is 1. The van der Waals surface area contributed by atoms with E-state index >= 15 is 0 Å². The smallest absolute Gasteiger partial charge is 0.249 e. The van der Waals surface area contributed by atoms with Gasteiger partial charge in [-0.2, -0.15) is 5.10 Å². The first-order valence-electron chi connectivity index (χ1n) is 8.96. The second-order valence-electron chi connectivity index (χ2n) is 6.71. The minimum absolute atomic E-state index is 0.0807. The number of nitrogens with zero attached hydrogens (tertiary/aromatic N) is 6. The normalized spacial score (nSPS) is 10.9. The van der Waals surface area contributed by atoms with Gasteiger partial charge in [-0.05, 0) is 42.5 Å². The molecule has 2 heterocycles. The van der Waals surface area contributed by atoms with Gasteiger partial charge >= 0.3 is 0 Å². The van der Waals surface area contributed by atoms with Crippen LogP contribution in [-0.2, 0) is 17.9 Å². The third kappa shape index (κ3) is 3.57. The van der Waals surface area contributed by atoms with E-state index in [1.165, 1.54) is 0 Å². The van der Waals surface area contributed by atoms with Crippen LogP contribution >= 0.6 is 0 Å². The molecule has 28 heavy (non-hydrogen) atoms. The fourth-order valence-electron chi connectivity index (χ4n) is 3.04. The van der Waals surface area contributed by atoms with Crippen LogP contribution in [0.1, 0.15) is 5.69 Å². The molecule has 1 amide bonds. The number of hydrogen-bond donors (Lipinski definition) is 1. The maximum absolute atomic E-state index is 13.2. The monoisotopic (exact) mass is 375 g/mol. The van der Waals surface area contributed by atoms with Crippen molar-refractivity contribution in [2.24, 2.45) is 0 Å². The molecule has 4 aromatic rings. The molecule has 2 aromatic heterocycles. The van der Waals surface area contributed by atoms with Gasteiger partial charge in [-0.1, -0.05) is 17.3 Å². The Kier molecular flexibility index (Phi) is 4.76. The van der Waals surface area contributed by atoms with Gasteiger partial charge in [-0.3, -0.25) is 9.89 Å². The topological polar surface area (TPSA) is 82.9 Å². The Morgan fingerprint density at radius 1 is 1.04 bits per heavy atom. The Hall–Kier alpha value is -3.68. The minimum atomic E-state index is -0.0807. The Morgan fingerprint density at radius 3 is 2.50 bits per heavy atom. The van der Waals surface area contributed by atoms with Crippen LogP contribution < -0.4 is 9.80 Å². The van der Waals surface area contributed by atoms with E-state index in [0.29, 0.717) is 6.54 Å². The molecule has 8 nitrogen and oxygen atoms in total. The van der Waals surface area contributed by atoms with Gasteiger partial charge in [0.2, 0.25) is 5.91 Å². The van der Waals surface area contributed by atoms with Crippen molar-refractivity contribution in [2.75, 3.05) is 23.9 Å². The van der Waals surface area contributed by atoms with E-state index in [1.807, 2.05) is 73.6 Å². The number of para-hydroxylation sites is 1. The average Bonchev–Trinajstić information content (AvgIpc) is 3.36. The van der Waals surface area contributed by atoms with Crippen LogP contribution in [-0.4, -0.2) is 45.2 Å². The van der Waals surface area contributed by atoms with Crippen LogP contribution in [0.5, 0.6) is 0 Å². The summed E-state index contributed by atoms with van der Waals surface area (Å²) in [6.07, 6.45) is 1.68. The summed E-state index contributed by atoms with van der Waals surface area (Å²) in [5.74, 6) is -0.0807. The van der Waals surface area contributed by atoms with Gasteiger partial charge in [0, 0.05) is 31.7 Å². The Morgan fingerprint density at radius 2 is 1.79 bits per heavy atom. The van der Waals surface area contributed by atoms with Crippen LogP contribution in [0.15, 0.2) is 60.8 Å². The number of carbonyl (C=O) groups excluding carboxylic acids is 1. The highest BCUT2D eigenvalue weighted by molar-refractivity contribution is 5.94. The summed E-state index contributed by atoms with van der Waals surface area (Å²) in [5.41, 5.74) is 4.34. The second kappa shape index (κ2) is 7.51. The highest BCUT2D eigenvalue weighted by atomic mass is 16.2. The lowest BCUT2D eigenvalue weighted by molar-refractivity contribution is -0.119. The van der Waals surface area contributed by atoms with Crippen LogP contribution in [0, 0.1) is 0 Å². The van der Waals surface area contributed by atoms with E-state index in [0.717, 1.165) is 28.1 Å². The van der Waals surface area contributed by atoms with E-state index < -0.39 is 0 Å². The van der Waals surface area contributed by atoms with Crippen LogP contribution in [0.4, 0.5) is 11.4 Å². The molecule has 0 bridgehead atoms. The number of rotatable bonds is 6. The molecule has 142 valence electrons. The molecule has 0 aliphatic rings. The Labute approximate surface area is 162 Å². The summed E-state index contributed by atoms with van der Waals surface area (Å²) in [4.78, 5) is 16.9. The first-order chi connectivity index (χ1) is 13.6. The van der Waals surface area contributed by atoms with Crippen LogP contribution in [0.2, 0.25) is 0 Å². The van der Waals surface area contributed by atoms with Gasteiger partial charge in [-0.25, -0.2) is 4.68 Å². The van der Waals surface area contributed by atoms with Crippen LogP contribution in [0.3, 0.4) is 0 Å². The van der Waals surface area contributed by atoms with Gasteiger partial charge in [0.05, 0.1) is 17.8 Å². The molecular formula is C20H21N7O. The number of hydrogen-bond acceptors (Lipinski definition) is 5. The van der Waals surface area contributed by atoms with E-state index in [1.54, 1.807) is 15.8 Å². The molecule has 0 aliphatic heterocycles. The molecular weight excluding hydrogens is 354 g/mol. The van der Waals surface area contributed by atoms with E-state index in [9.17, 15) is 4.79 Å². The molecule has 0 radical (unpaired) electrons. The van der Waals surface area contributed by atoms with Crippen molar-refractivity contribution in [2.45, 2.75) is 13.1 Å². The quantitative estimate of drug-likeness (QED) is 0.560. The first kappa shape index (κ1) is 17.7. The molecule has 0 atom stereocenters. The Bertz CT molecular complexity index is 1070. The maximum atomic E-state index is 13.2. The number of nitrogens with one attached hydrogen (secondary N) is 1. The zero-order valence-electron chi connectivity index (χ0n) is 15.8. The molecule has 0 aliphatic carbocycles. The minimum Gasteiger partial charge on any atom is -0.378 e. The molecule has 0 saturated carbocycles. The molecule has 2 aromatic carbocycles. The second-order valence-corrected chi connectivity index (χ2v) is 6.71. The van der Waals surface area contributed by atoms with Crippen molar-refractivity contribution in [1.29, 1.82) is 0 Å². The number of H-pyrrole nitrogens is 1. The number of benzene rings is 2. The summed E-state index contributed by atoms with van der Waals surface area (Å²) in [5, 5.41) is 15.2. The predicted octanol–water partition coefficient (Wildman–Crippen LogP) is 2.45. The van der Waals surface area contributed by atoms with Gasteiger partial charge in [0.15, 0.2) is 0 Å². The number of aromatic amines is 1. The van der Waals surface area contributed by atoms with Crippen molar-refractivity contribution in [3.63, 3.8) is 0 Å². The van der Waals surface area contributed by atoms with Crippen molar-refractivity contribution >= 4 is 28.3 Å². The lowest BCUT2D eigenvalue weighted by Gasteiger charge is -2.23. The maximum Gasteiger partial charge on any atom is 0.249 e. The lowest BCUT2D eigenvalue weighted by Crippen LogP contribution is -2.34. The molecule has 4 rings (SSSR count). The summed E-state index contributed by atoms with van der Waals surface area (Å²) in [7, 11) is 3.97. The molecule has 1 N–H and O–H groups in total. The fraction of sp³-hybridized carbons (Fsp3) is 0.200. The fourth-order valence-corrected chi connectivity index (χ4v) is 3.04. The average molecular weight is 375 g/mol. The standard InChI is InChI=1S/C20H21N7O/c1-25(2)16-7-9-17(10-8-16)26(13-15-11-12-21-22-15)20(28)14-27-19-6-4-3-5-18(19)23-24-27/h3-12H,13-14H2,1-2H3,(H,21,22). The number of carbonyl (C=O) groups is 1. The molecule has 8 heteroatoms. The molecule has 0 spiro atoms. The molecule has 0 saturated heterocycles. The van der Waals surface area contributed by atoms with Crippen molar-refractivity contribution in [3.05, 3.63) is 66.5 Å². The van der Waals surface area contributed by atoms with Crippen molar-refractivity contribution in [3.8, 4) is 0 Å². The van der Waals surface area contributed by atoms with Crippen molar-refractivity contribution < 1.29 is 4.79 Å². The SMILES string of the molecule is CN(C)c1ccc(N(Cc2ccn[nH]2)C(=O)Cn2nnc3ccccc32)cc1. The highest BCUT2D eigenvalue weighted by Crippen LogP contribution is 2.22. The van der Waals surface area contributed by atoms with E-state index in [-0.39, 0.29) is 12.5 Å². The zero-order chi connectivity index (χ0) is 19.5. The lowest BCUT2D eigenvalue weighted by atomic mass is 10.2. The predicted molar refractivity (Wildman–Crippen MR) is 108 cm³/mol. The van der Waals surface area contributed by atoms with Crippen LogP contribution in [0.25, 0.3) is 11.0 Å². The summed E-state index contributed by atoms with van der Waals surface area (Å²) < 4.78 is 1.63. The van der Waals surface area contributed by atoms with Gasteiger partial charge < -0.3 is 9.80 Å².